The summed E-state index contributed by atoms with van der Waals surface area (Å²) in [5.74, 6) is 0. The zero-order valence-electron chi connectivity index (χ0n) is 7.23. The minimum Gasteiger partial charge on any atom is -0.0654 e. The van der Waals surface area contributed by atoms with Crippen LogP contribution in [0.4, 0.5) is 0 Å². The lowest BCUT2D eigenvalue weighted by molar-refractivity contribution is 0.652. The first kappa shape index (κ1) is 10.0. The van der Waals surface area contributed by atoms with E-state index >= 15 is 0 Å². The summed E-state index contributed by atoms with van der Waals surface area (Å²) in [5.41, 5.74) is 0. The number of unbranched alkanes of at least 4 members (excludes halogenated alkanes) is 7. The van der Waals surface area contributed by atoms with Gasteiger partial charge in [-0.15, -0.1) is 0 Å². The van der Waals surface area contributed by atoms with E-state index in [1.807, 2.05) is 0 Å². The minimum absolute atomic E-state index is 1.06. The van der Waals surface area contributed by atoms with Gasteiger partial charge >= 0.3 is 0 Å². The Bertz CT molecular complexity index is 40.0. The van der Waals surface area contributed by atoms with Gasteiger partial charge in [0.1, 0.15) is 0 Å². The highest BCUT2D eigenvalue weighted by Gasteiger charge is 1.87. The first-order valence-electron chi connectivity index (χ1n) is 4.52. The van der Waals surface area contributed by atoms with Crippen molar-refractivity contribution in [3.63, 3.8) is 0 Å². The summed E-state index contributed by atoms with van der Waals surface area (Å²) in [7, 11) is 0. The fraction of sp³-hybridized carbons (Fsp3) is 0.800. The molecule has 0 rings (SSSR count). The summed E-state index contributed by atoms with van der Waals surface area (Å²) in [5, 5.41) is 0. The number of rotatable bonds is 7. The standard InChI is InChI=1S/C10H20/c1-3-5-7-9-10-8-6-4-2/h7H,1,3-6,8-10H2,2H3. The van der Waals surface area contributed by atoms with Gasteiger partial charge in [0.25, 0.3) is 0 Å². The maximum absolute atomic E-state index is 3.79. The van der Waals surface area contributed by atoms with Gasteiger partial charge < -0.3 is 0 Å². The molecule has 0 saturated heterocycles. The van der Waals surface area contributed by atoms with Crippen molar-refractivity contribution in [2.75, 3.05) is 0 Å². The van der Waals surface area contributed by atoms with Gasteiger partial charge in [0.15, 0.2) is 0 Å². The molecule has 0 saturated carbocycles. The summed E-state index contributed by atoms with van der Waals surface area (Å²) in [6.07, 6.45) is 11.5. The van der Waals surface area contributed by atoms with Crippen molar-refractivity contribution in [1.82, 2.24) is 0 Å². The molecule has 10 heavy (non-hydrogen) atoms. The molecule has 0 fully saturated rings. The van der Waals surface area contributed by atoms with Crippen LogP contribution in [0.5, 0.6) is 0 Å². The lowest BCUT2D eigenvalue weighted by Crippen LogP contribution is -1.78. The van der Waals surface area contributed by atoms with Crippen molar-refractivity contribution in [3.8, 4) is 0 Å². The molecule has 0 N–H and O–H groups in total. The van der Waals surface area contributed by atoms with E-state index in [0.717, 1.165) is 6.42 Å². The molecule has 0 aliphatic heterocycles. The molecule has 0 atom stereocenters. The highest BCUT2D eigenvalue weighted by molar-refractivity contribution is 4.64. The average Bonchev–Trinajstić information content (AvgIpc) is 1.97. The van der Waals surface area contributed by atoms with Gasteiger partial charge in [-0.3, -0.25) is 0 Å². The molecule has 0 heterocycles. The first-order chi connectivity index (χ1) is 4.91. The van der Waals surface area contributed by atoms with Crippen LogP contribution >= 0.6 is 0 Å². The first-order valence-corrected chi connectivity index (χ1v) is 4.52. The minimum atomic E-state index is 1.06. The largest absolute Gasteiger partial charge is 0.0654 e. The Morgan fingerprint density at radius 1 is 1.10 bits per heavy atom. The fourth-order valence-corrected chi connectivity index (χ4v) is 1.00. The lowest BCUT2D eigenvalue weighted by atomic mass is 10.1. The molecule has 0 heteroatoms. The molecule has 0 unspecified atom stereocenters. The van der Waals surface area contributed by atoms with Crippen LogP contribution in [0.3, 0.4) is 0 Å². The van der Waals surface area contributed by atoms with Crippen LogP contribution in [0.1, 0.15) is 51.9 Å². The Morgan fingerprint density at radius 3 is 2.50 bits per heavy atom. The van der Waals surface area contributed by atoms with E-state index in [2.05, 4.69) is 20.3 Å². The quantitative estimate of drug-likeness (QED) is 0.472. The second-order valence-corrected chi connectivity index (χ2v) is 2.78. The Morgan fingerprint density at radius 2 is 1.90 bits per heavy atom. The van der Waals surface area contributed by atoms with Crippen molar-refractivity contribution in [1.29, 1.82) is 0 Å². The second kappa shape index (κ2) is 9.00. The third kappa shape index (κ3) is 8.00. The molecule has 2 radical (unpaired) electrons. The average molecular weight is 140 g/mol. The second-order valence-electron chi connectivity index (χ2n) is 2.78. The Balaban J connectivity index is 2.65. The lowest BCUT2D eigenvalue weighted by Gasteiger charge is -1.97. The van der Waals surface area contributed by atoms with Crippen LogP contribution in [-0.4, -0.2) is 0 Å². The van der Waals surface area contributed by atoms with Gasteiger partial charge in [0.2, 0.25) is 0 Å². The molecule has 0 aromatic rings. The van der Waals surface area contributed by atoms with Crippen molar-refractivity contribution in [2.45, 2.75) is 51.9 Å². The van der Waals surface area contributed by atoms with Gasteiger partial charge in [0, 0.05) is 0 Å². The predicted molar refractivity (Wildman–Crippen MR) is 47.7 cm³/mol. The summed E-state index contributed by atoms with van der Waals surface area (Å²) < 4.78 is 0. The van der Waals surface area contributed by atoms with Crippen molar-refractivity contribution in [2.24, 2.45) is 0 Å². The smallest absolute Gasteiger partial charge is 0.0386 e. The molecular formula is C10H20. The molecule has 0 bridgehead atoms. The molecule has 0 aliphatic carbocycles. The molecule has 0 aromatic heterocycles. The van der Waals surface area contributed by atoms with Crippen LogP contribution in [0.15, 0.2) is 0 Å². The molecule has 60 valence electrons. The third-order valence-corrected chi connectivity index (χ3v) is 1.67. The van der Waals surface area contributed by atoms with Crippen molar-refractivity contribution >= 4 is 0 Å². The van der Waals surface area contributed by atoms with Gasteiger partial charge in [0.05, 0.1) is 0 Å². The summed E-state index contributed by atoms with van der Waals surface area (Å²) >= 11 is 0. The van der Waals surface area contributed by atoms with E-state index in [4.69, 9.17) is 0 Å². The Hall–Kier alpha value is 0. The van der Waals surface area contributed by atoms with Crippen LogP contribution in [0.25, 0.3) is 0 Å². The maximum atomic E-state index is 3.79. The summed E-state index contributed by atoms with van der Waals surface area (Å²) in [4.78, 5) is 0. The van der Waals surface area contributed by atoms with Gasteiger partial charge in [-0.2, -0.15) is 0 Å². The molecule has 0 nitrogen and oxygen atoms in total. The van der Waals surface area contributed by atoms with Crippen LogP contribution in [0.2, 0.25) is 0 Å². The van der Waals surface area contributed by atoms with E-state index in [9.17, 15) is 0 Å². The maximum Gasteiger partial charge on any atom is -0.0386 e. The van der Waals surface area contributed by atoms with E-state index in [1.165, 1.54) is 38.5 Å². The molecule has 0 amide bonds. The Kier molecular flexibility index (Phi) is 9.00. The SMILES string of the molecule is [CH2]CC[CH]CCCCCC. The number of hydrogen-bond donors (Lipinski definition) is 0. The zero-order chi connectivity index (χ0) is 7.66. The van der Waals surface area contributed by atoms with Gasteiger partial charge in [-0.05, 0) is 6.42 Å². The topological polar surface area (TPSA) is 0 Å². The Labute approximate surface area is 66.0 Å². The highest BCUT2D eigenvalue weighted by atomic mass is 13.9. The molecule has 0 aromatic carbocycles. The normalized spacial score (nSPS) is 10.2. The van der Waals surface area contributed by atoms with E-state index in [0.29, 0.717) is 0 Å². The monoisotopic (exact) mass is 140 g/mol. The predicted octanol–water partition coefficient (Wildman–Crippen LogP) is 3.78. The van der Waals surface area contributed by atoms with Crippen LogP contribution < -0.4 is 0 Å². The summed E-state index contributed by atoms with van der Waals surface area (Å²) in [6, 6.07) is 0. The fourth-order valence-electron chi connectivity index (χ4n) is 1.00. The van der Waals surface area contributed by atoms with Gasteiger partial charge in [-0.25, -0.2) is 0 Å². The van der Waals surface area contributed by atoms with Crippen LogP contribution in [-0.2, 0) is 0 Å². The zero-order valence-corrected chi connectivity index (χ0v) is 7.23. The van der Waals surface area contributed by atoms with Crippen molar-refractivity contribution in [3.05, 3.63) is 13.3 Å². The van der Waals surface area contributed by atoms with Crippen molar-refractivity contribution < 1.29 is 0 Å². The highest BCUT2D eigenvalue weighted by Crippen LogP contribution is 2.06. The van der Waals surface area contributed by atoms with Gasteiger partial charge in [-0.1, -0.05) is 58.8 Å². The molecular weight excluding hydrogens is 120 g/mol. The van der Waals surface area contributed by atoms with E-state index in [-0.39, 0.29) is 0 Å². The summed E-state index contributed by atoms with van der Waals surface area (Å²) in [6.45, 7) is 6.04. The number of hydrogen-bond acceptors (Lipinski definition) is 0. The molecule has 0 spiro atoms. The molecule has 0 aliphatic rings. The van der Waals surface area contributed by atoms with Crippen LogP contribution in [0, 0.1) is 13.3 Å². The van der Waals surface area contributed by atoms with E-state index in [1.54, 1.807) is 0 Å². The third-order valence-electron chi connectivity index (χ3n) is 1.67. The van der Waals surface area contributed by atoms with E-state index < -0.39 is 0 Å².